The molecule has 1 aliphatic heterocycles. The van der Waals surface area contributed by atoms with Crippen molar-refractivity contribution < 1.29 is 22.8 Å². The van der Waals surface area contributed by atoms with Crippen LogP contribution in [0.2, 0.25) is 0 Å². The molecule has 3 rings (SSSR count). The predicted octanol–water partition coefficient (Wildman–Crippen LogP) is 1.32. The van der Waals surface area contributed by atoms with Crippen molar-refractivity contribution in [3.8, 4) is 0 Å². The van der Waals surface area contributed by atoms with Gasteiger partial charge in [-0.05, 0) is 19.3 Å². The average Bonchev–Trinajstić information content (AvgIpc) is 2.64. The van der Waals surface area contributed by atoms with Crippen LogP contribution in [0.5, 0.6) is 0 Å². The van der Waals surface area contributed by atoms with Gasteiger partial charge in [0.1, 0.15) is 11.9 Å². The number of benzene rings is 1. The van der Waals surface area contributed by atoms with Gasteiger partial charge in [0.15, 0.2) is 11.6 Å². The number of alkyl halides is 1. The number of fused-ring (bicyclic) bond motifs is 1. The first-order valence-corrected chi connectivity index (χ1v) is 8.93. The molecule has 1 unspecified atom stereocenters. The number of nitrogens with two attached hydrogens (primary N) is 1. The van der Waals surface area contributed by atoms with Gasteiger partial charge in [0.05, 0.1) is 36.4 Å². The molecular weight excluding hydrogens is 375 g/mol. The van der Waals surface area contributed by atoms with Crippen LogP contribution in [0.4, 0.5) is 13.2 Å². The molecule has 3 N–H and O–H groups in total. The average molecular weight is 395 g/mol. The molecule has 0 saturated carbocycles. The zero-order chi connectivity index (χ0) is 20.3. The second-order valence-electron chi connectivity index (χ2n) is 6.71. The third-order valence-corrected chi connectivity index (χ3v) is 4.51. The third-order valence-electron chi connectivity index (χ3n) is 4.51. The molecule has 1 saturated heterocycles. The van der Waals surface area contributed by atoms with E-state index in [1.807, 2.05) is 0 Å². The Bertz CT molecular complexity index is 889. The topological polar surface area (TPSA) is 101 Å². The van der Waals surface area contributed by atoms with E-state index in [2.05, 4.69) is 15.3 Å². The minimum Gasteiger partial charge on any atom is -0.351 e. The van der Waals surface area contributed by atoms with Gasteiger partial charge in [-0.2, -0.15) is 0 Å². The molecule has 150 valence electrons. The van der Waals surface area contributed by atoms with Crippen LogP contribution in [0.3, 0.4) is 0 Å². The lowest BCUT2D eigenvalue weighted by molar-refractivity contribution is -0.139. The van der Waals surface area contributed by atoms with Crippen molar-refractivity contribution in [2.45, 2.75) is 31.5 Å². The lowest BCUT2D eigenvalue weighted by atomic mass is 10.1. The zero-order valence-corrected chi connectivity index (χ0v) is 15.0. The molecule has 28 heavy (non-hydrogen) atoms. The largest absolute Gasteiger partial charge is 0.351 e. The van der Waals surface area contributed by atoms with E-state index in [0.29, 0.717) is 25.8 Å². The summed E-state index contributed by atoms with van der Waals surface area (Å²) in [7, 11) is 0. The van der Waals surface area contributed by atoms with Crippen molar-refractivity contribution >= 4 is 22.8 Å². The number of unbranched alkanes of at least 4 members (excludes halogenated alkanes) is 1. The van der Waals surface area contributed by atoms with Gasteiger partial charge in [0, 0.05) is 18.7 Å². The van der Waals surface area contributed by atoms with Gasteiger partial charge in [-0.1, -0.05) is 0 Å². The summed E-state index contributed by atoms with van der Waals surface area (Å²) in [5, 5.41) is 2.65. The Kier molecular flexibility index (Phi) is 6.08. The Morgan fingerprint density at radius 2 is 1.89 bits per heavy atom. The zero-order valence-electron chi connectivity index (χ0n) is 15.0. The van der Waals surface area contributed by atoms with E-state index in [-0.39, 0.29) is 35.7 Å². The maximum absolute atomic E-state index is 13.3. The molecule has 1 aliphatic rings. The van der Waals surface area contributed by atoms with E-state index in [1.165, 1.54) is 11.1 Å². The van der Waals surface area contributed by atoms with E-state index in [9.17, 15) is 22.8 Å². The Morgan fingerprint density at radius 1 is 1.21 bits per heavy atom. The predicted molar refractivity (Wildman–Crippen MR) is 95.1 cm³/mol. The number of carbonyl (C=O) groups is 2. The summed E-state index contributed by atoms with van der Waals surface area (Å²) in [4.78, 5) is 33.3. The fourth-order valence-electron chi connectivity index (χ4n) is 2.86. The van der Waals surface area contributed by atoms with Gasteiger partial charge in [-0.3, -0.25) is 14.6 Å². The smallest absolute Gasteiger partial charge is 0.271 e. The summed E-state index contributed by atoms with van der Waals surface area (Å²) in [6.07, 6.45) is 1.85. The minimum absolute atomic E-state index is 0.0102. The second kappa shape index (κ2) is 8.51. The molecule has 0 spiro atoms. The fraction of sp³-hybridized carbons (Fsp3) is 0.444. The van der Waals surface area contributed by atoms with E-state index in [0.717, 1.165) is 12.1 Å². The van der Waals surface area contributed by atoms with Crippen molar-refractivity contribution in [2.75, 3.05) is 19.6 Å². The number of hydrogen-bond donors (Lipinski definition) is 2. The highest BCUT2D eigenvalue weighted by Gasteiger charge is 2.32. The Morgan fingerprint density at radius 3 is 2.57 bits per heavy atom. The van der Waals surface area contributed by atoms with E-state index in [4.69, 9.17) is 5.73 Å². The number of likely N-dealkylation sites (tertiary alicyclic amines) is 1. The summed E-state index contributed by atoms with van der Waals surface area (Å²) >= 11 is 0. The molecule has 10 heteroatoms. The molecule has 1 fully saturated rings. The van der Waals surface area contributed by atoms with E-state index in [1.54, 1.807) is 0 Å². The first-order valence-electron chi connectivity index (χ1n) is 8.93. The van der Waals surface area contributed by atoms with Gasteiger partial charge >= 0.3 is 0 Å². The van der Waals surface area contributed by atoms with Gasteiger partial charge in [0.25, 0.3) is 5.91 Å². The molecule has 1 atom stereocenters. The molecule has 2 amide bonds. The summed E-state index contributed by atoms with van der Waals surface area (Å²) in [5.41, 5.74) is 6.02. The van der Waals surface area contributed by atoms with Crippen molar-refractivity contribution in [3.05, 3.63) is 35.7 Å². The maximum atomic E-state index is 13.3. The van der Waals surface area contributed by atoms with Gasteiger partial charge in [0.2, 0.25) is 5.91 Å². The standard InChI is InChI=1S/C18H20F3N5O2/c19-10-8-26(9-10)18(28)13(22)3-1-2-4-23-17(27)16-7-24-14-5-11(20)12(21)6-15(14)25-16/h5-7,10,13H,1-4,8-9,22H2,(H,23,27). The summed E-state index contributed by atoms with van der Waals surface area (Å²) in [6, 6.07) is 1.12. The molecule has 2 heterocycles. The SMILES string of the molecule is NC(CCCCNC(=O)c1cnc2cc(F)c(F)cc2n1)C(=O)N1CC(F)C1. The molecule has 7 nitrogen and oxygen atoms in total. The van der Waals surface area contributed by atoms with Crippen LogP contribution >= 0.6 is 0 Å². The number of halogens is 3. The molecule has 1 aromatic heterocycles. The first kappa shape index (κ1) is 20.0. The fourth-order valence-corrected chi connectivity index (χ4v) is 2.86. The van der Waals surface area contributed by atoms with Gasteiger partial charge in [-0.25, -0.2) is 18.2 Å². The van der Waals surface area contributed by atoms with Crippen LogP contribution in [-0.4, -0.2) is 58.5 Å². The Balaban J connectivity index is 1.42. The number of nitrogens with zero attached hydrogens (tertiary/aromatic N) is 3. The molecule has 1 aromatic carbocycles. The number of amides is 2. The summed E-state index contributed by atoms with van der Waals surface area (Å²) in [5.74, 6) is -2.85. The number of hydrogen-bond acceptors (Lipinski definition) is 5. The third kappa shape index (κ3) is 4.56. The number of nitrogens with one attached hydrogen (secondary N) is 1. The van der Waals surface area contributed by atoms with Crippen LogP contribution in [0.25, 0.3) is 11.0 Å². The lowest BCUT2D eigenvalue weighted by Gasteiger charge is -2.36. The van der Waals surface area contributed by atoms with Gasteiger partial charge in [-0.15, -0.1) is 0 Å². The van der Waals surface area contributed by atoms with Crippen LogP contribution < -0.4 is 11.1 Å². The number of rotatable bonds is 7. The van der Waals surface area contributed by atoms with E-state index >= 15 is 0 Å². The monoisotopic (exact) mass is 395 g/mol. The van der Waals surface area contributed by atoms with Crippen LogP contribution in [0, 0.1) is 11.6 Å². The molecule has 2 aromatic rings. The minimum atomic E-state index is -1.06. The molecular formula is C18H20F3N5O2. The molecule has 0 aliphatic carbocycles. The van der Waals surface area contributed by atoms with Crippen LogP contribution in [-0.2, 0) is 4.79 Å². The quantitative estimate of drug-likeness (QED) is 0.689. The van der Waals surface area contributed by atoms with Crippen LogP contribution in [0.1, 0.15) is 29.8 Å². The van der Waals surface area contributed by atoms with Gasteiger partial charge < -0.3 is 16.0 Å². The second-order valence-corrected chi connectivity index (χ2v) is 6.71. The molecule has 0 radical (unpaired) electrons. The highest BCUT2D eigenvalue weighted by atomic mass is 19.2. The first-order chi connectivity index (χ1) is 13.3. The summed E-state index contributed by atoms with van der Waals surface area (Å²) < 4.78 is 39.2. The number of carbonyl (C=O) groups excluding carboxylic acids is 2. The number of aromatic nitrogens is 2. The highest BCUT2D eigenvalue weighted by molar-refractivity contribution is 5.93. The van der Waals surface area contributed by atoms with Crippen LogP contribution in [0.15, 0.2) is 18.3 Å². The Labute approximate surface area is 159 Å². The lowest BCUT2D eigenvalue weighted by Crippen LogP contribution is -2.56. The Hall–Kier alpha value is -2.75. The molecule has 0 bridgehead atoms. The normalized spacial score (nSPS) is 15.4. The highest BCUT2D eigenvalue weighted by Crippen LogP contribution is 2.15. The maximum Gasteiger partial charge on any atom is 0.271 e. The summed E-state index contributed by atoms with van der Waals surface area (Å²) in [6.45, 7) is 0.533. The van der Waals surface area contributed by atoms with Crippen molar-refractivity contribution in [1.82, 2.24) is 20.2 Å². The van der Waals surface area contributed by atoms with E-state index < -0.39 is 29.8 Å². The van der Waals surface area contributed by atoms with Crippen molar-refractivity contribution in [2.24, 2.45) is 5.73 Å². The van der Waals surface area contributed by atoms with Crippen molar-refractivity contribution in [1.29, 1.82) is 0 Å². The van der Waals surface area contributed by atoms with Crippen molar-refractivity contribution in [3.63, 3.8) is 0 Å².